The number of hydrogen-bond donors (Lipinski definition) is 0. The average molecular weight is 335 g/mol. The summed E-state index contributed by atoms with van der Waals surface area (Å²) in [6.45, 7) is 4.12. The van der Waals surface area contributed by atoms with Crippen LogP contribution in [0.1, 0.15) is 21.6 Å². The molecule has 0 aliphatic rings. The number of fused-ring (bicyclic) bond motifs is 1. The van der Waals surface area contributed by atoms with Crippen LogP contribution in [-0.2, 0) is 0 Å². The van der Waals surface area contributed by atoms with Gasteiger partial charge >= 0.3 is 0 Å². The molecule has 3 nitrogen and oxygen atoms in total. The summed E-state index contributed by atoms with van der Waals surface area (Å²) in [5, 5.41) is 0.825. The molecule has 0 bridgehead atoms. The summed E-state index contributed by atoms with van der Waals surface area (Å²) in [7, 11) is 0. The topological polar surface area (TPSA) is 34.9 Å². The smallest absolute Gasteiger partial charge is 0.195 e. The number of benzene rings is 1. The van der Waals surface area contributed by atoms with E-state index in [2.05, 4.69) is 33.9 Å². The Morgan fingerprint density at radius 2 is 2.21 bits per heavy atom. The van der Waals surface area contributed by atoms with Gasteiger partial charge in [-0.05, 0) is 43.2 Å². The van der Waals surface area contributed by atoms with E-state index in [0.29, 0.717) is 5.69 Å². The average Bonchev–Trinajstić information content (AvgIpc) is 3.01. The van der Waals surface area contributed by atoms with Crippen LogP contribution in [0, 0.1) is 13.8 Å². The Balaban J connectivity index is 2.31. The molecule has 0 saturated carbocycles. The van der Waals surface area contributed by atoms with Gasteiger partial charge in [-0.2, -0.15) is 0 Å². The van der Waals surface area contributed by atoms with Gasteiger partial charge in [0.25, 0.3) is 0 Å². The van der Waals surface area contributed by atoms with Crippen LogP contribution >= 0.6 is 27.3 Å². The van der Waals surface area contributed by atoms with Crippen LogP contribution in [0.2, 0.25) is 0 Å². The molecule has 3 aromatic rings. The standard InChI is InChI=1S/C14H11BrN2OS/c1-8-6-11(15)9(2)13-12(8)16-14(19-13)17-5-3-4-10(17)7-18/h3-7H,1-2H3. The highest BCUT2D eigenvalue weighted by atomic mass is 79.9. The lowest BCUT2D eigenvalue weighted by Gasteiger charge is -2.01. The van der Waals surface area contributed by atoms with Crippen LogP contribution in [-0.4, -0.2) is 15.8 Å². The molecule has 0 aliphatic carbocycles. The second kappa shape index (κ2) is 4.58. The highest BCUT2D eigenvalue weighted by Crippen LogP contribution is 2.34. The van der Waals surface area contributed by atoms with Gasteiger partial charge in [0, 0.05) is 10.7 Å². The van der Waals surface area contributed by atoms with Crippen molar-refractivity contribution >= 4 is 43.8 Å². The zero-order valence-electron chi connectivity index (χ0n) is 10.5. The molecule has 0 aliphatic heterocycles. The molecule has 1 aromatic carbocycles. The van der Waals surface area contributed by atoms with Crippen LogP contribution in [0.25, 0.3) is 15.3 Å². The van der Waals surface area contributed by atoms with Crippen LogP contribution in [0.3, 0.4) is 0 Å². The van der Waals surface area contributed by atoms with Crippen molar-refractivity contribution in [1.29, 1.82) is 0 Å². The van der Waals surface area contributed by atoms with E-state index in [4.69, 9.17) is 0 Å². The normalized spacial score (nSPS) is 11.1. The molecule has 3 rings (SSSR count). The molecule has 0 N–H and O–H groups in total. The van der Waals surface area contributed by atoms with E-state index in [-0.39, 0.29) is 0 Å². The third kappa shape index (κ3) is 1.93. The zero-order chi connectivity index (χ0) is 13.6. The van der Waals surface area contributed by atoms with Gasteiger partial charge in [0.15, 0.2) is 11.4 Å². The van der Waals surface area contributed by atoms with E-state index >= 15 is 0 Å². The van der Waals surface area contributed by atoms with Crippen LogP contribution in [0.15, 0.2) is 28.9 Å². The molecular formula is C14H11BrN2OS. The minimum Gasteiger partial charge on any atom is -0.296 e. The maximum absolute atomic E-state index is 11.0. The van der Waals surface area contributed by atoms with Crippen molar-refractivity contribution in [3.05, 3.63) is 45.7 Å². The van der Waals surface area contributed by atoms with Crippen molar-refractivity contribution in [2.24, 2.45) is 0 Å². The molecule has 2 aromatic heterocycles. The molecule has 0 amide bonds. The van der Waals surface area contributed by atoms with Gasteiger partial charge in [0.05, 0.1) is 15.9 Å². The zero-order valence-corrected chi connectivity index (χ0v) is 12.9. The highest BCUT2D eigenvalue weighted by molar-refractivity contribution is 9.10. The van der Waals surface area contributed by atoms with Gasteiger partial charge in [-0.3, -0.25) is 9.36 Å². The Morgan fingerprint density at radius 1 is 1.42 bits per heavy atom. The van der Waals surface area contributed by atoms with E-state index in [1.54, 1.807) is 17.4 Å². The third-order valence-electron chi connectivity index (χ3n) is 3.14. The first-order chi connectivity index (χ1) is 9.11. The number of carbonyl (C=O) groups is 1. The van der Waals surface area contributed by atoms with E-state index < -0.39 is 0 Å². The number of nitrogens with zero attached hydrogens (tertiary/aromatic N) is 2. The molecule has 2 heterocycles. The summed E-state index contributed by atoms with van der Waals surface area (Å²) in [6, 6.07) is 5.72. The third-order valence-corrected chi connectivity index (χ3v) is 5.14. The number of halogens is 1. The van der Waals surface area contributed by atoms with Gasteiger partial charge < -0.3 is 0 Å². The molecule has 0 saturated heterocycles. The lowest BCUT2D eigenvalue weighted by molar-refractivity contribution is 0.111. The monoisotopic (exact) mass is 334 g/mol. The lowest BCUT2D eigenvalue weighted by Crippen LogP contribution is -1.96. The van der Waals surface area contributed by atoms with E-state index in [1.165, 1.54) is 5.56 Å². The van der Waals surface area contributed by atoms with Gasteiger partial charge in [-0.25, -0.2) is 4.98 Å². The van der Waals surface area contributed by atoms with Crippen LogP contribution in [0.4, 0.5) is 0 Å². The quantitative estimate of drug-likeness (QED) is 0.655. The first-order valence-corrected chi connectivity index (χ1v) is 7.42. The van der Waals surface area contributed by atoms with Gasteiger partial charge in [0.1, 0.15) is 0 Å². The Hall–Kier alpha value is -1.46. The summed E-state index contributed by atoms with van der Waals surface area (Å²) in [5.74, 6) is 0. The summed E-state index contributed by atoms with van der Waals surface area (Å²) in [4.78, 5) is 15.7. The van der Waals surface area contributed by atoms with Crippen molar-refractivity contribution < 1.29 is 4.79 Å². The first kappa shape index (κ1) is 12.6. The Kier molecular flexibility index (Phi) is 3.03. The molecular weight excluding hydrogens is 324 g/mol. The van der Waals surface area contributed by atoms with Crippen molar-refractivity contribution in [3.8, 4) is 5.13 Å². The molecule has 0 spiro atoms. The fourth-order valence-corrected chi connectivity index (χ4v) is 3.90. The van der Waals surface area contributed by atoms with Crippen molar-refractivity contribution in [2.45, 2.75) is 13.8 Å². The molecule has 0 radical (unpaired) electrons. The number of aromatic nitrogens is 2. The molecule has 19 heavy (non-hydrogen) atoms. The van der Waals surface area contributed by atoms with E-state index in [1.807, 2.05) is 23.8 Å². The minimum absolute atomic E-state index is 0.619. The summed E-state index contributed by atoms with van der Waals surface area (Å²) in [6.07, 6.45) is 2.71. The molecule has 0 atom stereocenters. The number of rotatable bonds is 2. The number of aldehydes is 1. The minimum atomic E-state index is 0.619. The Labute approximate surface area is 123 Å². The number of thiazole rings is 1. The second-order valence-corrected chi connectivity index (χ2v) is 6.23. The van der Waals surface area contributed by atoms with Crippen molar-refractivity contribution in [3.63, 3.8) is 0 Å². The predicted molar refractivity (Wildman–Crippen MR) is 81.5 cm³/mol. The maximum atomic E-state index is 11.0. The molecule has 0 unspecified atom stereocenters. The second-order valence-electron chi connectivity index (χ2n) is 4.40. The van der Waals surface area contributed by atoms with Gasteiger partial charge in [0.2, 0.25) is 0 Å². The van der Waals surface area contributed by atoms with Gasteiger partial charge in [-0.15, -0.1) is 0 Å². The van der Waals surface area contributed by atoms with Gasteiger partial charge in [-0.1, -0.05) is 27.3 Å². The SMILES string of the molecule is Cc1cc(Br)c(C)c2sc(-n3cccc3C=O)nc12. The fourth-order valence-electron chi connectivity index (χ4n) is 2.07. The Bertz CT molecular complexity index is 788. The number of hydrogen-bond acceptors (Lipinski definition) is 3. The lowest BCUT2D eigenvalue weighted by atomic mass is 10.1. The van der Waals surface area contributed by atoms with E-state index in [9.17, 15) is 4.79 Å². The van der Waals surface area contributed by atoms with Crippen molar-refractivity contribution in [1.82, 2.24) is 9.55 Å². The predicted octanol–water partition coefficient (Wildman–Crippen LogP) is 4.28. The molecule has 96 valence electrons. The highest BCUT2D eigenvalue weighted by Gasteiger charge is 2.13. The largest absolute Gasteiger partial charge is 0.296 e. The fraction of sp³-hybridized carbons (Fsp3) is 0.143. The number of carbonyl (C=O) groups excluding carboxylic acids is 1. The number of aryl methyl sites for hydroxylation is 2. The van der Waals surface area contributed by atoms with E-state index in [0.717, 1.165) is 31.7 Å². The maximum Gasteiger partial charge on any atom is 0.195 e. The molecule has 0 fully saturated rings. The summed E-state index contributed by atoms with van der Waals surface area (Å²) in [5.41, 5.74) is 3.94. The summed E-state index contributed by atoms with van der Waals surface area (Å²) < 4.78 is 4.08. The Morgan fingerprint density at radius 3 is 2.95 bits per heavy atom. The molecule has 5 heteroatoms. The van der Waals surface area contributed by atoms with Crippen LogP contribution < -0.4 is 0 Å². The first-order valence-electron chi connectivity index (χ1n) is 5.81. The van der Waals surface area contributed by atoms with Crippen molar-refractivity contribution in [2.75, 3.05) is 0 Å². The van der Waals surface area contributed by atoms with Crippen LogP contribution in [0.5, 0.6) is 0 Å². The summed E-state index contributed by atoms with van der Waals surface area (Å²) >= 11 is 5.17.